The summed E-state index contributed by atoms with van der Waals surface area (Å²) < 4.78 is 10.9. The molecule has 2 heterocycles. The van der Waals surface area contributed by atoms with Gasteiger partial charge < -0.3 is 14.8 Å². The second kappa shape index (κ2) is 9.24. The lowest BCUT2D eigenvalue weighted by molar-refractivity contribution is -0.121. The van der Waals surface area contributed by atoms with Crippen molar-refractivity contribution >= 4 is 5.91 Å². The molecule has 1 aliphatic rings. The smallest absolute Gasteiger partial charge is 0.231 e. The van der Waals surface area contributed by atoms with Gasteiger partial charge in [0.25, 0.3) is 0 Å². The summed E-state index contributed by atoms with van der Waals surface area (Å²) in [7, 11) is 0. The number of carbonyl (C=O) groups is 1. The number of carbonyl (C=O) groups excluding carboxylic acids is 1. The van der Waals surface area contributed by atoms with Crippen LogP contribution >= 0.6 is 0 Å². The van der Waals surface area contributed by atoms with E-state index < -0.39 is 0 Å². The van der Waals surface area contributed by atoms with Gasteiger partial charge in [-0.15, -0.1) is 0 Å². The number of hydrogen-bond acceptors (Lipinski definition) is 4. The Morgan fingerprint density at radius 1 is 0.966 bits per heavy atom. The zero-order chi connectivity index (χ0) is 19.9. The Morgan fingerprint density at radius 2 is 1.79 bits per heavy atom. The number of pyridine rings is 1. The minimum absolute atomic E-state index is 0.0394. The number of fused-ring (bicyclic) bond motifs is 1. The van der Waals surface area contributed by atoms with Crippen molar-refractivity contribution in [3.63, 3.8) is 0 Å². The number of amides is 1. The van der Waals surface area contributed by atoms with Crippen molar-refractivity contribution in [2.75, 3.05) is 13.3 Å². The highest BCUT2D eigenvalue weighted by Gasteiger charge is 2.21. The molecule has 4 rings (SSSR count). The van der Waals surface area contributed by atoms with E-state index in [0.717, 1.165) is 41.2 Å². The Hall–Kier alpha value is -3.34. The molecule has 1 amide bonds. The van der Waals surface area contributed by atoms with Gasteiger partial charge in [-0.05, 0) is 48.2 Å². The molecule has 1 N–H and O–H groups in total. The Labute approximate surface area is 170 Å². The molecule has 0 bridgehead atoms. The highest BCUT2D eigenvalue weighted by atomic mass is 16.7. The molecule has 0 radical (unpaired) electrons. The van der Waals surface area contributed by atoms with Crippen LogP contribution in [0.4, 0.5) is 0 Å². The van der Waals surface area contributed by atoms with Crippen LogP contribution in [0.15, 0.2) is 72.9 Å². The summed E-state index contributed by atoms with van der Waals surface area (Å²) in [6.07, 6.45) is 3.89. The average Bonchev–Trinajstić information content (AvgIpc) is 3.24. The third kappa shape index (κ3) is 4.93. The molecule has 2 aromatic carbocycles. The van der Waals surface area contributed by atoms with Gasteiger partial charge >= 0.3 is 0 Å². The van der Waals surface area contributed by atoms with Crippen LogP contribution in [0, 0.1) is 0 Å². The summed E-state index contributed by atoms with van der Waals surface area (Å²) in [5.41, 5.74) is 3.20. The van der Waals surface area contributed by atoms with Crippen LogP contribution in [0.5, 0.6) is 11.5 Å². The normalized spacial score (nSPS) is 13.1. The molecule has 1 aromatic heterocycles. The van der Waals surface area contributed by atoms with Crippen LogP contribution in [-0.2, 0) is 11.2 Å². The SMILES string of the molecule is O=C(CC(c1ccccc1)c1ccc2c(c1)OCO2)NCCCc1ccccn1. The van der Waals surface area contributed by atoms with E-state index in [1.165, 1.54) is 0 Å². The van der Waals surface area contributed by atoms with E-state index in [1.807, 2.05) is 54.6 Å². The van der Waals surface area contributed by atoms with E-state index in [9.17, 15) is 4.79 Å². The maximum atomic E-state index is 12.7. The quantitative estimate of drug-likeness (QED) is 0.591. The van der Waals surface area contributed by atoms with Crippen LogP contribution in [-0.4, -0.2) is 24.2 Å². The van der Waals surface area contributed by atoms with Gasteiger partial charge in [-0.1, -0.05) is 42.5 Å². The van der Waals surface area contributed by atoms with E-state index in [1.54, 1.807) is 6.20 Å². The maximum Gasteiger partial charge on any atom is 0.231 e. The molecule has 5 heteroatoms. The van der Waals surface area contributed by atoms with E-state index in [2.05, 4.69) is 22.4 Å². The van der Waals surface area contributed by atoms with E-state index >= 15 is 0 Å². The van der Waals surface area contributed by atoms with Crippen LogP contribution in [0.2, 0.25) is 0 Å². The van der Waals surface area contributed by atoms with Gasteiger partial charge in [0.1, 0.15) is 0 Å². The lowest BCUT2D eigenvalue weighted by atomic mass is 9.88. The number of rotatable bonds is 8. The molecule has 1 aliphatic heterocycles. The van der Waals surface area contributed by atoms with Gasteiger partial charge in [-0.25, -0.2) is 0 Å². The molecule has 148 valence electrons. The lowest BCUT2D eigenvalue weighted by Gasteiger charge is -2.18. The fraction of sp³-hybridized carbons (Fsp3) is 0.250. The molecule has 29 heavy (non-hydrogen) atoms. The second-order valence-corrected chi connectivity index (χ2v) is 7.05. The summed E-state index contributed by atoms with van der Waals surface area (Å²) in [5.74, 6) is 1.48. The Balaban J connectivity index is 1.40. The Kier molecular flexibility index (Phi) is 6.05. The molecular formula is C24H24N2O3. The molecule has 5 nitrogen and oxygen atoms in total. The zero-order valence-electron chi connectivity index (χ0n) is 16.2. The van der Waals surface area contributed by atoms with Gasteiger partial charge in [0.15, 0.2) is 11.5 Å². The van der Waals surface area contributed by atoms with Crippen LogP contribution in [0.3, 0.4) is 0 Å². The van der Waals surface area contributed by atoms with E-state index in [-0.39, 0.29) is 18.6 Å². The van der Waals surface area contributed by atoms with Crippen molar-refractivity contribution in [3.05, 3.63) is 89.7 Å². The topological polar surface area (TPSA) is 60.5 Å². The Bertz CT molecular complexity index is 945. The first-order valence-corrected chi connectivity index (χ1v) is 9.91. The van der Waals surface area contributed by atoms with Crippen molar-refractivity contribution in [3.8, 4) is 11.5 Å². The standard InChI is InChI=1S/C24H24N2O3/c27-24(26-14-6-10-20-9-4-5-13-25-20)16-21(18-7-2-1-3-8-18)19-11-12-22-23(15-19)29-17-28-22/h1-5,7-9,11-13,15,21H,6,10,14,16-17H2,(H,26,27). The monoisotopic (exact) mass is 388 g/mol. The van der Waals surface area contributed by atoms with E-state index in [0.29, 0.717) is 13.0 Å². The largest absolute Gasteiger partial charge is 0.454 e. The first-order valence-electron chi connectivity index (χ1n) is 9.91. The zero-order valence-corrected chi connectivity index (χ0v) is 16.2. The third-order valence-electron chi connectivity index (χ3n) is 5.05. The van der Waals surface area contributed by atoms with Crippen LogP contribution in [0.1, 0.15) is 35.6 Å². The van der Waals surface area contributed by atoms with Crippen molar-refractivity contribution in [2.45, 2.75) is 25.2 Å². The molecule has 0 saturated heterocycles. The van der Waals surface area contributed by atoms with Gasteiger partial charge in [-0.2, -0.15) is 0 Å². The summed E-state index contributed by atoms with van der Waals surface area (Å²) in [6, 6.07) is 21.9. The molecular weight excluding hydrogens is 364 g/mol. The van der Waals surface area contributed by atoms with Crippen molar-refractivity contribution in [2.24, 2.45) is 0 Å². The molecule has 3 aromatic rings. The first-order chi connectivity index (χ1) is 14.3. The number of nitrogens with zero attached hydrogens (tertiary/aromatic N) is 1. The Morgan fingerprint density at radius 3 is 2.62 bits per heavy atom. The highest BCUT2D eigenvalue weighted by molar-refractivity contribution is 5.77. The van der Waals surface area contributed by atoms with Gasteiger partial charge in [-0.3, -0.25) is 9.78 Å². The van der Waals surface area contributed by atoms with Crippen LogP contribution in [0.25, 0.3) is 0 Å². The average molecular weight is 388 g/mol. The second-order valence-electron chi connectivity index (χ2n) is 7.05. The molecule has 0 aliphatic carbocycles. The molecule has 1 unspecified atom stereocenters. The van der Waals surface area contributed by atoms with Gasteiger partial charge in [0.2, 0.25) is 12.7 Å². The van der Waals surface area contributed by atoms with Crippen molar-refractivity contribution in [1.82, 2.24) is 10.3 Å². The first kappa shape index (κ1) is 19.0. The molecule has 1 atom stereocenters. The minimum atomic E-state index is -0.0403. The number of ether oxygens (including phenoxy) is 2. The number of aromatic nitrogens is 1. The van der Waals surface area contributed by atoms with Gasteiger partial charge in [0.05, 0.1) is 0 Å². The summed E-state index contributed by atoms with van der Waals surface area (Å²) in [5, 5.41) is 3.05. The lowest BCUT2D eigenvalue weighted by Crippen LogP contribution is -2.26. The maximum absolute atomic E-state index is 12.7. The third-order valence-corrected chi connectivity index (χ3v) is 5.05. The molecule has 0 fully saturated rings. The van der Waals surface area contributed by atoms with Crippen molar-refractivity contribution < 1.29 is 14.3 Å². The highest BCUT2D eigenvalue weighted by Crippen LogP contribution is 2.37. The van der Waals surface area contributed by atoms with Crippen LogP contribution < -0.4 is 14.8 Å². The number of aryl methyl sites for hydroxylation is 1. The number of hydrogen-bond donors (Lipinski definition) is 1. The predicted octanol–water partition coefficient (Wildman–Crippen LogP) is 4.08. The summed E-state index contributed by atoms with van der Waals surface area (Å²) in [6.45, 7) is 0.879. The van der Waals surface area contributed by atoms with Gasteiger partial charge in [0, 0.05) is 30.8 Å². The number of benzene rings is 2. The number of nitrogens with one attached hydrogen (secondary N) is 1. The fourth-order valence-electron chi connectivity index (χ4n) is 3.54. The molecule has 0 spiro atoms. The predicted molar refractivity (Wildman–Crippen MR) is 111 cm³/mol. The van der Waals surface area contributed by atoms with Crippen molar-refractivity contribution in [1.29, 1.82) is 0 Å². The summed E-state index contributed by atoms with van der Waals surface area (Å²) >= 11 is 0. The fourth-order valence-corrected chi connectivity index (χ4v) is 3.54. The molecule has 0 saturated carbocycles. The van der Waals surface area contributed by atoms with E-state index in [4.69, 9.17) is 9.47 Å². The minimum Gasteiger partial charge on any atom is -0.454 e. The summed E-state index contributed by atoms with van der Waals surface area (Å²) in [4.78, 5) is 17.0.